The summed E-state index contributed by atoms with van der Waals surface area (Å²) in [4.78, 5) is 0. The molecule has 0 aromatic carbocycles. The van der Waals surface area contributed by atoms with Crippen LogP contribution in [0.3, 0.4) is 0 Å². The predicted octanol–water partition coefficient (Wildman–Crippen LogP) is -0.772. The van der Waals surface area contributed by atoms with Gasteiger partial charge in [0.15, 0.2) is 0 Å². The first-order chi connectivity index (χ1) is 1.00. The van der Waals surface area contributed by atoms with Crippen LogP contribution >= 0.6 is 0 Å². The monoisotopic (exact) mass is 131 g/mol. The van der Waals surface area contributed by atoms with E-state index in [-0.39, 0.29) is 35.9 Å². The van der Waals surface area contributed by atoms with Gasteiger partial charge in [-0.05, 0) is 0 Å². The normalized spacial score (nSPS) is 0.750. The van der Waals surface area contributed by atoms with Crippen LogP contribution in [-0.4, -0.2) is 18.9 Å². The van der Waals surface area contributed by atoms with E-state index < -0.39 is 0 Å². The molecule has 0 aromatic rings. The van der Waals surface area contributed by atoms with Crippen LogP contribution in [0.5, 0.6) is 0 Å². The van der Waals surface area contributed by atoms with Crippen molar-refractivity contribution in [2.24, 2.45) is 0 Å². The number of hydrogen-bond acceptors (Lipinski definition) is 1. The van der Waals surface area contributed by atoms with Crippen LogP contribution in [0.15, 0.2) is 0 Å². The number of hydrogen-bond donors (Lipinski definition) is 0. The van der Waals surface area contributed by atoms with Crippen LogP contribution in [0, 0.1) is 0 Å². The van der Waals surface area contributed by atoms with E-state index in [0.29, 0.717) is 0 Å². The molecule has 0 heterocycles. The Hall–Kier alpha value is 1.50. The van der Waals surface area contributed by atoms with Gasteiger partial charge in [-0.1, -0.05) is 0 Å². The fraction of sp³-hybridized carbons (Fsp3) is 0. The van der Waals surface area contributed by atoms with Crippen molar-refractivity contribution in [3.05, 3.63) is 0 Å². The van der Waals surface area contributed by atoms with Gasteiger partial charge in [-0.3, -0.25) is 0 Å². The molecule has 0 amide bonds. The van der Waals surface area contributed by atoms with Gasteiger partial charge in [-0.25, -0.2) is 0 Å². The molecule has 0 aliphatic carbocycles. The SMILES string of the molecule is [Fe].[LiH].[O]=[V]. The molecule has 0 saturated heterocycles. The Morgan fingerprint density at radius 3 is 1.25 bits per heavy atom. The third-order valence-electron chi connectivity index (χ3n) is 0. The molecule has 1 nitrogen and oxygen atoms in total. The zero-order valence-corrected chi connectivity index (χ0v) is 3.71. The average Bonchev–Trinajstić information content (AvgIpc) is 1.00. The topological polar surface area (TPSA) is 17.1 Å². The predicted molar refractivity (Wildman–Crippen MR) is 7.84 cm³/mol. The van der Waals surface area contributed by atoms with Gasteiger partial charge >= 0.3 is 39.9 Å². The molecule has 0 aromatic heterocycles. The third-order valence-corrected chi connectivity index (χ3v) is 0. The Kier molecular flexibility index (Phi) is 109. The zero-order valence-electron chi connectivity index (χ0n) is 1.21. The summed E-state index contributed by atoms with van der Waals surface area (Å²) < 4.78 is 8.19. The van der Waals surface area contributed by atoms with Crippen molar-refractivity contribution in [1.29, 1.82) is 0 Å². The molecule has 0 unspecified atom stereocenters. The van der Waals surface area contributed by atoms with Crippen LogP contribution in [0.25, 0.3) is 0 Å². The van der Waals surface area contributed by atoms with Crippen LogP contribution in [0.4, 0.5) is 0 Å². The summed E-state index contributed by atoms with van der Waals surface area (Å²) in [5, 5.41) is 0. The standard InChI is InChI=1S/Fe.Li.O.V.H. The van der Waals surface area contributed by atoms with E-state index in [1.807, 2.05) is 0 Å². The van der Waals surface area contributed by atoms with Gasteiger partial charge in [0.05, 0.1) is 0 Å². The molecule has 0 atom stereocenters. The van der Waals surface area contributed by atoms with Gasteiger partial charge in [0.25, 0.3) is 0 Å². The van der Waals surface area contributed by atoms with E-state index in [1.54, 1.807) is 0 Å². The molecule has 4 heavy (non-hydrogen) atoms. The first-order valence-corrected chi connectivity index (χ1v) is 0.753. The van der Waals surface area contributed by atoms with Crippen molar-refractivity contribution in [2.75, 3.05) is 0 Å². The molecule has 0 spiro atoms. The van der Waals surface area contributed by atoms with E-state index in [4.69, 9.17) is 3.67 Å². The summed E-state index contributed by atoms with van der Waals surface area (Å²) in [7, 11) is 0. The second-order valence-corrected chi connectivity index (χ2v) is 0. The molecule has 0 rings (SSSR count). The molecule has 0 saturated carbocycles. The van der Waals surface area contributed by atoms with Crippen molar-refractivity contribution >= 4 is 18.9 Å². The van der Waals surface area contributed by atoms with Crippen molar-refractivity contribution in [3.8, 4) is 0 Å². The Labute approximate surface area is 56.8 Å². The minimum absolute atomic E-state index is 0. The summed E-state index contributed by atoms with van der Waals surface area (Å²) in [6, 6.07) is 0. The first kappa shape index (κ1) is 17.8. The Bertz CT molecular complexity index is 8.00. The Morgan fingerprint density at radius 1 is 1.25 bits per heavy atom. The fourth-order valence-corrected chi connectivity index (χ4v) is 0. The molecular weight excluding hydrogens is 130 g/mol. The van der Waals surface area contributed by atoms with Crippen molar-refractivity contribution in [1.82, 2.24) is 0 Å². The van der Waals surface area contributed by atoms with Crippen molar-refractivity contribution in [2.45, 2.75) is 0 Å². The zero-order chi connectivity index (χ0) is 2.00. The van der Waals surface area contributed by atoms with Gasteiger partial charge in [-0.15, -0.1) is 0 Å². The summed E-state index contributed by atoms with van der Waals surface area (Å²) in [5.74, 6) is 0. The average molecular weight is 131 g/mol. The quantitative estimate of drug-likeness (QED) is 0.394. The Morgan fingerprint density at radius 2 is 1.25 bits per heavy atom. The second-order valence-electron chi connectivity index (χ2n) is 0. The van der Waals surface area contributed by atoms with Gasteiger partial charge in [0.2, 0.25) is 0 Å². The van der Waals surface area contributed by atoms with E-state index >= 15 is 0 Å². The van der Waals surface area contributed by atoms with E-state index in [1.165, 1.54) is 0 Å². The molecule has 0 aliphatic heterocycles. The summed E-state index contributed by atoms with van der Waals surface area (Å²) >= 11 is 1.06. The molecule has 0 N–H and O–H groups in total. The molecule has 0 fully saturated rings. The molecule has 4 heteroatoms. The number of rotatable bonds is 0. The van der Waals surface area contributed by atoms with Gasteiger partial charge in [0.1, 0.15) is 0 Å². The van der Waals surface area contributed by atoms with Gasteiger partial charge in [-0.2, -0.15) is 0 Å². The van der Waals surface area contributed by atoms with Crippen molar-refractivity contribution < 1.29 is 38.1 Å². The fourth-order valence-electron chi connectivity index (χ4n) is 0. The summed E-state index contributed by atoms with van der Waals surface area (Å²) in [6.07, 6.45) is 0. The van der Waals surface area contributed by atoms with Crippen molar-refractivity contribution in [3.63, 3.8) is 0 Å². The molecule has 0 bridgehead atoms. The first-order valence-electron chi connectivity index (χ1n) is 0.183. The van der Waals surface area contributed by atoms with Gasteiger partial charge < -0.3 is 0 Å². The molecule has 21 valence electrons. The second kappa shape index (κ2) is 24.5. The summed E-state index contributed by atoms with van der Waals surface area (Å²) in [6.45, 7) is 0. The van der Waals surface area contributed by atoms with Crippen LogP contribution in [-0.2, 0) is 38.1 Å². The molecular formula is HFeLiOV. The maximum absolute atomic E-state index is 8.19. The third kappa shape index (κ3) is 9.72. The van der Waals surface area contributed by atoms with Crippen LogP contribution in [0.1, 0.15) is 0 Å². The summed E-state index contributed by atoms with van der Waals surface area (Å²) in [5.41, 5.74) is 0. The van der Waals surface area contributed by atoms with E-state index in [0.717, 1.165) is 17.4 Å². The van der Waals surface area contributed by atoms with Crippen LogP contribution < -0.4 is 0 Å². The molecule has 0 aliphatic rings. The van der Waals surface area contributed by atoms with E-state index in [2.05, 4.69) is 0 Å². The molecule has 0 radical (unpaired) electrons. The van der Waals surface area contributed by atoms with E-state index in [9.17, 15) is 0 Å². The minimum atomic E-state index is 0. The maximum atomic E-state index is 8.19. The Balaban J connectivity index is -0.00000000500. The van der Waals surface area contributed by atoms with Gasteiger partial charge in [0, 0.05) is 17.1 Å². The van der Waals surface area contributed by atoms with Crippen LogP contribution in [0.2, 0.25) is 0 Å².